The van der Waals surface area contributed by atoms with Gasteiger partial charge in [-0.1, -0.05) is 20.8 Å². The van der Waals surface area contributed by atoms with E-state index in [1.54, 1.807) is 11.3 Å². The molecule has 0 saturated heterocycles. The second kappa shape index (κ2) is 5.32. The monoisotopic (exact) mass is 282 g/mol. The topological polar surface area (TPSA) is 46.5 Å². The Morgan fingerprint density at radius 2 is 2.17 bits per heavy atom. The molecule has 0 amide bonds. The number of hydrogen-bond acceptors (Lipinski definition) is 4. The fourth-order valence-corrected chi connectivity index (χ4v) is 3.09. The molecule has 0 atom stereocenters. The standard InChI is InChI=1S/C12H18N4S2/c1-5-6-16-10(14-15-12(16)17)9-8(4)13-11(18-9)7(2)3/h7H,5-6H2,1-4H3,(H,15,17). The molecule has 0 radical (unpaired) electrons. The Kier molecular flexibility index (Phi) is 3.97. The van der Waals surface area contributed by atoms with Crippen LogP contribution in [0.4, 0.5) is 0 Å². The lowest BCUT2D eigenvalue weighted by atomic mass is 10.2. The Balaban J connectivity index is 2.51. The highest BCUT2D eigenvalue weighted by molar-refractivity contribution is 7.71. The van der Waals surface area contributed by atoms with Crippen molar-refractivity contribution in [3.05, 3.63) is 15.5 Å². The van der Waals surface area contributed by atoms with E-state index in [0.717, 1.165) is 34.4 Å². The summed E-state index contributed by atoms with van der Waals surface area (Å²) in [6.07, 6.45) is 1.04. The van der Waals surface area contributed by atoms with Crippen LogP contribution < -0.4 is 0 Å². The van der Waals surface area contributed by atoms with E-state index in [0.29, 0.717) is 10.7 Å². The molecule has 0 aliphatic carbocycles. The summed E-state index contributed by atoms with van der Waals surface area (Å²) in [7, 11) is 0. The van der Waals surface area contributed by atoms with Crippen molar-refractivity contribution < 1.29 is 0 Å². The molecule has 2 heterocycles. The molecule has 1 N–H and O–H groups in total. The van der Waals surface area contributed by atoms with Crippen LogP contribution in [0.25, 0.3) is 10.7 Å². The predicted octanol–water partition coefficient (Wildman–Crippen LogP) is 3.91. The number of aryl methyl sites for hydroxylation is 1. The van der Waals surface area contributed by atoms with Crippen LogP contribution in [0.5, 0.6) is 0 Å². The van der Waals surface area contributed by atoms with Crippen molar-refractivity contribution in [3.8, 4) is 10.7 Å². The summed E-state index contributed by atoms with van der Waals surface area (Å²) in [5.41, 5.74) is 1.04. The molecule has 0 unspecified atom stereocenters. The van der Waals surface area contributed by atoms with E-state index in [1.807, 2.05) is 6.92 Å². The number of aromatic amines is 1. The molecular formula is C12H18N4S2. The van der Waals surface area contributed by atoms with Crippen molar-refractivity contribution in [2.45, 2.75) is 46.6 Å². The van der Waals surface area contributed by atoms with Crippen molar-refractivity contribution in [2.24, 2.45) is 0 Å². The fraction of sp³-hybridized carbons (Fsp3) is 0.583. The van der Waals surface area contributed by atoms with Gasteiger partial charge in [0.25, 0.3) is 0 Å². The van der Waals surface area contributed by atoms with E-state index in [9.17, 15) is 0 Å². The highest BCUT2D eigenvalue weighted by Crippen LogP contribution is 2.32. The summed E-state index contributed by atoms with van der Waals surface area (Å²) in [4.78, 5) is 5.74. The second-order valence-corrected chi connectivity index (χ2v) is 6.04. The van der Waals surface area contributed by atoms with Gasteiger partial charge in [-0.15, -0.1) is 11.3 Å². The molecular weight excluding hydrogens is 264 g/mol. The Labute approximate surface area is 116 Å². The van der Waals surface area contributed by atoms with E-state index in [4.69, 9.17) is 12.2 Å². The molecule has 0 aromatic carbocycles. The third-order valence-electron chi connectivity index (χ3n) is 2.72. The average Bonchev–Trinajstić information content (AvgIpc) is 2.85. The Hall–Kier alpha value is -1.01. The van der Waals surface area contributed by atoms with Crippen molar-refractivity contribution in [3.63, 3.8) is 0 Å². The number of aromatic nitrogens is 4. The molecule has 2 rings (SSSR count). The SMILES string of the molecule is CCCn1c(-c2sc(C(C)C)nc2C)n[nH]c1=S. The molecule has 2 aromatic heterocycles. The summed E-state index contributed by atoms with van der Waals surface area (Å²) in [6.45, 7) is 9.37. The predicted molar refractivity (Wildman–Crippen MR) is 77.6 cm³/mol. The lowest BCUT2D eigenvalue weighted by molar-refractivity contribution is 0.675. The third kappa shape index (κ3) is 2.40. The summed E-state index contributed by atoms with van der Waals surface area (Å²) in [6, 6.07) is 0. The van der Waals surface area contributed by atoms with Crippen LogP contribution in [0, 0.1) is 11.7 Å². The first-order valence-electron chi connectivity index (χ1n) is 6.17. The van der Waals surface area contributed by atoms with Gasteiger partial charge in [0.1, 0.15) is 0 Å². The Bertz CT molecular complexity index is 591. The first-order valence-corrected chi connectivity index (χ1v) is 7.40. The van der Waals surface area contributed by atoms with E-state index < -0.39 is 0 Å². The first kappa shape index (κ1) is 13.4. The highest BCUT2D eigenvalue weighted by atomic mass is 32.1. The zero-order valence-electron chi connectivity index (χ0n) is 11.1. The van der Waals surface area contributed by atoms with Gasteiger partial charge in [0.2, 0.25) is 0 Å². The maximum absolute atomic E-state index is 5.27. The Morgan fingerprint density at radius 3 is 2.72 bits per heavy atom. The van der Waals surface area contributed by atoms with Gasteiger partial charge in [0.05, 0.1) is 15.6 Å². The van der Waals surface area contributed by atoms with Gasteiger partial charge in [-0.2, -0.15) is 5.10 Å². The number of hydrogen-bond donors (Lipinski definition) is 1. The molecule has 6 heteroatoms. The molecule has 4 nitrogen and oxygen atoms in total. The molecule has 98 valence electrons. The molecule has 2 aromatic rings. The zero-order chi connectivity index (χ0) is 13.3. The van der Waals surface area contributed by atoms with Crippen molar-refractivity contribution in [1.82, 2.24) is 19.7 Å². The van der Waals surface area contributed by atoms with Crippen LogP contribution in [-0.2, 0) is 6.54 Å². The number of H-pyrrole nitrogens is 1. The van der Waals surface area contributed by atoms with Gasteiger partial charge in [-0.25, -0.2) is 4.98 Å². The van der Waals surface area contributed by atoms with Gasteiger partial charge in [-0.3, -0.25) is 9.67 Å². The van der Waals surface area contributed by atoms with E-state index >= 15 is 0 Å². The number of nitrogens with one attached hydrogen (secondary N) is 1. The molecule has 0 aliphatic heterocycles. The van der Waals surface area contributed by atoms with Crippen molar-refractivity contribution in [2.75, 3.05) is 0 Å². The molecule has 18 heavy (non-hydrogen) atoms. The van der Waals surface area contributed by atoms with Gasteiger partial charge >= 0.3 is 0 Å². The lowest BCUT2D eigenvalue weighted by Crippen LogP contribution is -1.99. The van der Waals surface area contributed by atoms with E-state index in [-0.39, 0.29) is 0 Å². The van der Waals surface area contributed by atoms with E-state index in [2.05, 4.69) is 40.5 Å². The quantitative estimate of drug-likeness (QED) is 0.865. The maximum atomic E-state index is 5.27. The smallest absolute Gasteiger partial charge is 0.195 e. The number of rotatable bonds is 4. The van der Waals surface area contributed by atoms with Crippen LogP contribution in [-0.4, -0.2) is 19.7 Å². The van der Waals surface area contributed by atoms with Gasteiger partial charge < -0.3 is 0 Å². The third-order valence-corrected chi connectivity index (χ3v) is 4.48. The summed E-state index contributed by atoms with van der Waals surface area (Å²) >= 11 is 6.98. The highest BCUT2D eigenvalue weighted by Gasteiger charge is 2.17. The zero-order valence-corrected chi connectivity index (χ0v) is 12.8. The fourth-order valence-electron chi connectivity index (χ4n) is 1.79. The average molecular weight is 282 g/mol. The molecule has 0 bridgehead atoms. The molecule has 0 spiro atoms. The molecule has 0 saturated carbocycles. The number of nitrogens with zero attached hydrogens (tertiary/aromatic N) is 3. The summed E-state index contributed by atoms with van der Waals surface area (Å²) < 4.78 is 2.74. The van der Waals surface area contributed by atoms with E-state index in [1.165, 1.54) is 0 Å². The first-order chi connectivity index (χ1) is 8.54. The van der Waals surface area contributed by atoms with Crippen LogP contribution in [0.1, 0.15) is 43.8 Å². The van der Waals surface area contributed by atoms with Crippen molar-refractivity contribution >= 4 is 23.6 Å². The van der Waals surface area contributed by atoms with Crippen LogP contribution in [0.15, 0.2) is 0 Å². The second-order valence-electron chi connectivity index (χ2n) is 4.63. The molecule has 0 aliphatic rings. The Morgan fingerprint density at radius 1 is 1.44 bits per heavy atom. The van der Waals surface area contributed by atoms with Crippen LogP contribution in [0.2, 0.25) is 0 Å². The number of thiazole rings is 1. The van der Waals surface area contributed by atoms with Gasteiger partial charge in [0.15, 0.2) is 10.6 Å². The normalized spacial score (nSPS) is 11.4. The minimum absolute atomic E-state index is 0.448. The van der Waals surface area contributed by atoms with Gasteiger partial charge in [-0.05, 0) is 25.6 Å². The minimum atomic E-state index is 0.448. The minimum Gasteiger partial charge on any atom is -0.299 e. The largest absolute Gasteiger partial charge is 0.299 e. The summed E-state index contributed by atoms with van der Waals surface area (Å²) in [5, 5.41) is 8.39. The maximum Gasteiger partial charge on any atom is 0.195 e. The summed E-state index contributed by atoms with van der Waals surface area (Å²) in [5.74, 6) is 1.37. The van der Waals surface area contributed by atoms with Gasteiger partial charge in [0, 0.05) is 12.5 Å². The van der Waals surface area contributed by atoms with Crippen LogP contribution >= 0.6 is 23.6 Å². The molecule has 0 fully saturated rings. The van der Waals surface area contributed by atoms with Crippen molar-refractivity contribution in [1.29, 1.82) is 0 Å². The lowest BCUT2D eigenvalue weighted by Gasteiger charge is -2.03. The van der Waals surface area contributed by atoms with Crippen LogP contribution in [0.3, 0.4) is 0 Å².